The molecule has 106 valence electrons. The molecule has 1 aliphatic carbocycles. The van der Waals surface area contributed by atoms with Crippen LogP contribution in [0.1, 0.15) is 51.9 Å². The second-order valence-corrected chi connectivity index (χ2v) is 6.71. The molecule has 0 amide bonds. The first-order valence-electron chi connectivity index (χ1n) is 7.77. The lowest BCUT2D eigenvalue weighted by Gasteiger charge is -2.39. The van der Waals surface area contributed by atoms with Gasteiger partial charge in [0.15, 0.2) is 0 Å². The van der Waals surface area contributed by atoms with E-state index in [1.165, 1.54) is 64.6 Å². The Morgan fingerprint density at radius 1 is 1.28 bits per heavy atom. The van der Waals surface area contributed by atoms with E-state index in [0.29, 0.717) is 0 Å². The summed E-state index contributed by atoms with van der Waals surface area (Å²) >= 11 is 6.24. The molecular formula is C15H29ClN2. The molecule has 1 saturated carbocycles. The van der Waals surface area contributed by atoms with Crippen LogP contribution >= 0.6 is 11.6 Å². The van der Waals surface area contributed by atoms with Crippen LogP contribution in [0.3, 0.4) is 0 Å². The molecule has 0 bridgehead atoms. The number of alkyl halides is 1. The molecule has 0 aromatic carbocycles. The van der Waals surface area contributed by atoms with Crippen LogP contribution in [0.5, 0.6) is 0 Å². The van der Waals surface area contributed by atoms with Gasteiger partial charge in [-0.1, -0.05) is 19.8 Å². The average molecular weight is 273 g/mol. The van der Waals surface area contributed by atoms with Crippen LogP contribution in [0.2, 0.25) is 0 Å². The van der Waals surface area contributed by atoms with Crippen molar-refractivity contribution in [2.45, 2.75) is 57.4 Å². The van der Waals surface area contributed by atoms with E-state index in [4.69, 9.17) is 11.6 Å². The Morgan fingerprint density at radius 3 is 2.72 bits per heavy atom. The van der Waals surface area contributed by atoms with Crippen LogP contribution in [0, 0.1) is 5.92 Å². The van der Waals surface area contributed by atoms with Crippen molar-refractivity contribution in [2.24, 2.45) is 5.92 Å². The highest BCUT2D eigenvalue weighted by molar-refractivity contribution is 6.18. The summed E-state index contributed by atoms with van der Waals surface area (Å²) in [7, 11) is 0. The molecule has 2 rings (SSSR count). The van der Waals surface area contributed by atoms with Crippen LogP contribution in [-0.4, -0.2) is 42.5 Å². The van der Waals surface area contributed by atoms with Crippen molar-refractivity contribution in [1.82, 2.24) is 10.2 Å². The SMILES string of the molecule is CC1CCCC(CCl)(NCCCN2CCCC2)C1. The van der Waals surface area contributed by atoms with Gasteiger partial charge in [-0.3, -0.25) is 0 Å². The highest BCUT2D eigenvalue weighted by Gasteiger charge is 2.33. The van der Waals surface area contributed by atoms with Gasteiger partial charge >= 0.3 is 0 Å². The van der Waals surface area contributed by atoms with Gasteiger partial charge in [0.05, 0.1) is 0 Å². The lowest BCUT2D eigenvalue weighted by atomic mass is 9.77. The molecule has 1 N–H and O–H groups in total. The van der Waals surface area contributed by atoms with E-state index in [-0.39, 0.29) is 5.54 Å². The van der Waals surface area contributed by atoms with E-state index in [1.807, 2.05) is 0 Å². The van der Waals surface area contributed by atoms with Crippen molar-refractivity contribution in [3.05, 3.63) is 0 Å². The topological polar surface area (TPSA) is 15.3 Å². The summed E-state index contributed by atoms with van der Waals surface area (Å²) in [6, 6.07) is 0. The average Bonchev–Trinajstić information content (AvgIpc) is 2.88. The molecule has 2 atom stereocenters. The molecular weight excluding hydrogens is 244 g/mol. The molecule has 0 aromatic heterocycles. The van der Waals surface area contributed by atoms with Crippen molar-refractivity contribution >= 4 is 11.6 Å². The fraction of sp³-hybridized carbons (Fsp3) is 1.00. The summed E-state index contributed by atoms with van der Waals surface area (Å²) in [6.45, 7) is 7.40. The summed E-state index contributed by atoms with van der Waals surface area (Å²) in [5.74, 6) is 1.62. The largest absolute Gasteiger partial charge is 0.310 e. The predicted octanol–water partition coefficient (Wildman–Crippen LogP) is 3.25. The normalized spacial score (nSPS) is 34.0. The molecule has 2 fully saturated rings. The van der Waals surface area contributed by atoms with Gasteiger partial charge in [-0.05, 0) is 64.2 Å². The third-order valence-corrected chi connectivity index (χ3v) is 5.21. The number of hydrogen-bond acceptors (Lipinski definition) is 2. The minimum atomic E-state index is 0.240. The summed E-state index contributed by atoms with van der Waals surface area (Å²) in [5, 5.41) is 3.78. The van der Waals surface area contributed by atoms with Crippen molar-refractivity contribution < 1.29 is 0 Å². The van der Waals surface area contributed by atoms with E-state index in [2.05, 4.69) is 17.1 Å². The summed E-state index contributed by atoms with van der Waals surface area (Å²) in [4.78, 5) is 2.60. The molecule has 1 saturated heterocycles. The Balaban J connectivity index is 1.66. The second kappa shape index (κ2) is 7.12. The maximum atomic E-state index is 6.24. The van der Waals surface area contributed by atoms with Crippen LogP contribution < -0.4 is 5.32 Å². The number of nitrogens with zero attached hydrogens (tertiary/aromatic N) is 1. The fourth-order valence-electron chi connectivity index (χ4n) is 3.65. The number of nitrogens with one attached hydrogen (secondary N) is 1. The molecule has 2 unspecified atom stereocenters. The monoisotopic (exact) mass is 272 g/mol. The minimum absolute atomic E-state index is 0.240. The van der Waals surface area contributed by atoms with Gasteiger partial charge < -0.3 is 10.2 Å². The highest BCUT2D eigenvalue weighted by Crippen LogP contribution is 2.33. The lowest BCUT2D eigenvalue weighted by molar-refractivity contribution is 0.205. The van der Waals surface area contributed by atoms with E-state index >= 15 is 0 Å². The van der Waals surface area contributed by atoms with Gasteiger partial charge in [0.2, 0.25) is 0 Å². The van der Waals surface area contributed by atoms with Crippen LogP contribution in [0.4, 0.5) is 0 Å². The third-order valence-electron chi connectivity index (χ3n) is 4.70. The summed E-state index contributed by atoms with van der Waals surface area (Å²) in [6.07, 6.45) is 9.33. The quantitative estimate of drug-likeness (QED) is 0.590. The standard InChI is InChI=1S/C15H29ClN2/c1-14-6-4-7-15(12-14,13-16)17-8-5-11-18-9-2-3-10-18/h14,17H,2-13H2,1H3. The van der Waals surface area contributed by atoms with Gasteiger partial charge in [-0.2, -0.15) is 0 Å². The van der Waals surface area contributed by atoms with Gasteiger partial charge in [0.1, 0.15) is 0 Å². The molecule has 0 spiro atoms. The van der Waals surface area contributed by atoms with Crippen molar-refractivity contribution in [2.75, 3.05) is 32.1 Å². The van der Waals surface area contributed by atoms with E-state index in [0.717, 1.165) is 18.3 Å². The molecule has 2 nitrogen and oxygen atoms in total. The molecule has 1 heterocycles. The maximum absolute atomic E-state index is 6.24. The van der Waals surface area contributed by atoms with E-state index in [1.54, 1.807) is 0 Å². The summed E-state index contributed by atoms with van der Waals surface area (Å²) in [5.41, 5.74) is 0.240. The first-order chi connectivity index (χ1) is 8.74. The van der Waals surface area contributed by atoms with Gasteiger partial charge in [0, 0.05) is 11.4 Å². The highest BCUT2D eigenvalue weighted by atomic mass is 35.5. The van der Waals surface area contributed by atoms with E-state index in [9.17, 15) is 0 Å². The number of likely N-dealkylation sites (tertiary alicyclic amines) is 1. The Morgan fingerprint density at radius 2 is 2.06 bits per heavy atom. The van der Waals surface area contributed by atoms with Crippen molar-refractivity contribution in [1.29, 1.82) is 0 Å². The maximum Gasteiger partial charge on any atom is 0.0406 e. The third kappa shape index (κ3) is 4.11. The van der Waals surface area contributed by atoms with Gasteiger partial charge in [0.25, 0.3) is 0 Å². The molecule has 0 radical (unpaired) electrons. The van der Waals surface area contributed by atoms with Crippen LogP contribution in [-0.2, 0) is 0 Å². The van der Waals surface area contributed by atoms with Gasteiger partial charge in [-0.15, -0.1) is 11.6 Å². The molecule has 18 heavy (non-hydrogen) atoms. The zero-order chi connectivity index (χ0) is 12.8. The Kier molecular flexibility index (Phi) is 5.78. The van der Waals surface area contributed by atoms with Crippen molar-refractivity contribution in [3.63, 3.8) is 0 Å². The Hall–Kier alpha value is 0.210. The molecule has 1 aliphatic heterocycles. The second-order valence-electron chi connectivity index (χ2n) is 6.44. The number of halogens is 1. The predicted molar refractivity (Wildman–Crippen MR) is 79.4 cm³/mol. The van der Waals surface area contributed by atoms with Crippen molar-refractivity contribution in [3.8, 4) is 0 Å². The molecule has 2 aliphatic rings. The van der Waals surface area contributed by atoms with Crippen LogP contribution in [0.25, 0.3) is 0 Å². The Bertz CT molecular complexity index is 241. The van der Waals surface area contributed by atoms with Crippen LogP contribution in [0.15, 0.2) is 0 Å². The zero-order valence-corrected chi connectivity index (χ0v) is 12.6. The van der Waals surface area contributed by atoms with E-state index < -0.39 is 0 Å². The lowest BCUT2D eigenvalue weighted by Crippen LogP contribution is -2.50. The number of hydrogen-bond donors (Lipinski definition) is 1. The Labute approximate surface area is 117 Å². The first kappa shape index (κ1) is 14.6. The molecule has 3 heteroatoms. The van der Waals surface area contributed by atoms with Gasteiger partial charge in [-0.25, -0.2) is 0 Å². The summed E-state index contributed by atoms with van der Waals surface area (Å²) < 4.78 is 0. The fourth-order valence-corrected chi connectivity index (χ4v) is 3.99. The molecule has 0 aromatic rings. The smallest absolute Gasteiger partial charge is 0.0406 e. The minimum Gasteiger partial charge on any atom is -0.310 e. The zero-order valence-electron chi connectivity index (χ0n) is 11.9. The number of rotatable bonds is 6. The first-order valence-corrected chi connectivity index (χ1v) is 8.31.